The molecule has 0 unspecified atom stereocenters. The molecule has 3 aromatic carbocycles. The van der Waals surface area contributed by atoms with Crippen LogP contribution in [0, 0.1) is 0 Å². The van der Waals surface area contributed by atoms with Gasteiger partial charge >= 0.3 is 0 Å². The molecule has 236 valence electrons. The molecular formula is C35H45N3O3S3. The summed E-state index contributed by atoms with van der Waals surface area (Å²) < 4.78 is 18.0. The van der Waals surface area contributed by atoms with E-state index in [2.05, 4.69) is 84.9 Å². The molecule has 0 radical (unpaired) electrons. The average Bonchev–Trinajstić information content (AvgIpc) is 3.03. The van der Waals surface area contributed by atoms with Crippen LogP contribution in [0.5, 0.6) is 17.2 Å². The van der Waals surface area contributed by atoms with Gasteiger partial charge in [-0.1, -0.05) is 36.4 Å². The first kappa shape index (κ1) is 35.2. The first-order chi connectivity index (χ1) is 21.1. The molecule has 44 heavy (non-hydrogen) atoms. The summed E-state index contributed by atoms with van der Waals surface area (Å²) in [6, 6.07) is 24.4. The van der Waals surface area contributed by atoms with Crippen molar-refractivity contribution in [1.29, 1.82) is 0 Å². The van der Waals surface area contributed by atoms with Crippen molar-refractivity contribution in [2.45, 2.75) is 53.9 Å². The predicted molar refractivity (Wildman–Crippen MR) is 193 cm³/mol. The minimum atomic E-state index is -0.506. The van der Waals surface area contributed by atoms with Crippen LogP contribution in [0.1, 0.15) is 65.2 Å². The number of hydrogen-bond donors (Lipinski definition) is 0. The summed E-state index contributed by atoms with van der Waals surface area (Å²) in [5, 5.41) is 1.42. The van der Waals surface area contributed by atoms with E-state index in [4.69, 9.17) is 50.9 Å². The summed E-state index contributed by atoms with van der Waals surface area (Å²) in [6.07, 6.45) is 0. The second-order valence-electron chi connectivity index (χ2n) is 10.3. The maximum Gasteiger partial charge on any atom is 0.264 e. The standard InChI is InChI=1S/C35H45N3O3S3/c1-8-36(9-2)32(42)39-29-20-14-26(15-21-29)35(7,27-16-22-30(23-17-27)40-33(43)37(10-3)11-4)28-18-24-31(25-19-28)41-34(44)38(12-5)13-6/h14-25H,8-13H2,1-7H3. The molecule has 3 aromatic rings. The zero-order valence-corrected chi connectivity index (χ0v) is 29.4. The fourth-order valence-electron chi connectivity index (χ4n) is 5.01. The van der Waals surface area contributed by atoms with Crippen molar-refractivity contribution in [3.8, 4) is 17.2 Å². The van der Waals surface area contributed by atoms with E-state index in [0.29, 0.717) is 32.8 Å². The maximum atomic E-state index is 6.01. The Labute approximate surface area is 279 Å². The number of benzene rings is 3. The Hall–Kier alpha value is -3.27. The van der Waals surface area contributed by atoms with Crippen LogP contribution in [0.15, 0.2) is 72.8 Å². The fraction of sp³-hybridized carbons (Fsp3) is 0.400. The quantitative estimate of drug-likeness (QED) is 0.143. The third-order valence-electron chi connectivity index (χ3n) is 7.98. The average molecular weight is 652 g/mol. The Morgan fingerprint density at radius 3 is 0.841 bits per heavy atom. The van der Waals surface area contributed by atoms with E-state index in [1.807, 2.05) is 51.1 Å². The SMILES string of the molecule is CCN(CC)C(=S)Oc1ccc(C(C)(c2ccc(OC(=S)N(CC)CC)cc2)c2ccc(OC(=S)N(CC)CC)cc2)cc1. The molecule has 0 spiro atoms. The molecule has 0 heterocycles. The smallest absolute Gasteiger partial charge is 0.264 e. The number of nitrogens with zero attached hydrogens (tertiary/aromatic N) is 3. The van der Waals surface area contributed by atoms with Gasteiger partial charge in [-0.05, 0) is 138 Å². The third kappa shape index (κ3) is 8.46. The van der Waals surface area contributed by atoms with Gasteiger partial charge in [-0.3, -0.25) is 0 Å². The van der Waals surface area contributed by atoms with Crippen molar-refractivity contribution in [2.75, 3.05) is 39.3 Å². The Morgan fingerprint density at radius 2 is 0.659 bits per heavy atom. The number of ether oxygens (including phenoxy) is 3. The molecule has 0 N–H and O–H groups in total. The first-order valence-electron chi connectivity index (χ1n) is 15.4. The van der Waals surface area contributed by atoms with E-state index in [9.17, 15) is 0 Å². The highest BCUT2D eigenvalue weighted by Crippen LogP contribution is 2.40. The molecule has 0 aromatic heterocycles. The number of rotatable bonds is 12. The van der Waals surface area contributed by atoms with Gasteiger partial charge in [-0.2, -0.15) is 0 Å². The number of thiocarbonyl (C=S) groups is 3. The van der Waals surface area contributed by atoms with Gasteiger partial charge in [0.25, 0.3) is 15.5 Å². The van der Waals surface area contributed by atoms with Crippen molar-refractivity contribution >= 4 is 52.2 Å². The molecule has 6 nitrogen and oxygen atoms in total. The maximum absolute atomic E-state index is 6.01. The molecule has 0 aliphatic rings. The molecule has 0 fully saturated rings. The van der Waals surface area contributed by atoms with E-state index in [1.54, 1.807) is 0 Å². The van der Waals surface area contributed by atoms with Gasteiger partial charge in [-0.15, -0.1) is 0 Å². The van der Waals surface area contributed by atoms with Gasteiger partial charge < -0.3 is 28.9 Å². The summed E-state index contributed by atoms with van der Waals surface area (Å²) in [7, 11) is 0. The lowest BCUT2D eigenvalue weighted by Gasteiger charge is -2.32. The highest BCUT2D eigenvalue weighted by molar-refractivity contribution is 7.80. The third-order valence-corrected chi connectivity index (χ3v) is 9.00. The minimum Gasteiger partial charge on any atom is -0.432 e. The van der Waals surface area contributed by atoms with E-state index in [1.165, 1.54) is 0 Å². The Morgan fingerprint density at radius 1 is 0.455 bits per heavy atom. The largest absolute Gasteiger partial charge is 0.432 e. The Balaban J connectivity index is 1.98. The molecule has 0 atom stereocenters. The van der Waals surface area contributed by atoms with Crippen LogP contribution in [0.25, 0.3) is 0 Å². The lowest BCUT2D eigenvalue weighted by atomic mass is 9.71. The zero-order valence-electron chi connectivity index (χ0n) is 27.0. The van der Waals surface area contributed by atoms with Gasteiger partial charge in [0, 0.05) is 44.7 Å². The lowest BCUT2D eigenvalue weighted by Crippen LogP contribution is -2.33. The van der Waals surface area contributed by atoms with Gasteiger partial charge in [0.05, 0.1) is 0 Å². The molecule has 3 rings (SSSR count). The minimum absolute atomic E-state index is 0.474. The zero-order chi connectivity index (χ0) is 32.3. The summed E-state index contributed by atoms with van der Waals surface area (Å²) in [5.41, 5.74) is 2.78. The van der Waals surface area contributed by atoms with Crippen LogP contribution in [0.4, 0.5) is 0 Å². The molecular weight excluding hydrogens is 607 g/mol. The summed E-state index contributed by atoms with van der Waals surface area (Å²) in [5.74, 6) is 2.11. The summed E-state index contributed by atoms with van der Waals surface area (Å²) in [4.78, 5) is 6.04. The van der Waals surface area contributed by atoms with Crippen LogP contribution in [-0.2, 0) is 5.41 Å². The van der Waals surface area contributed by atoms with E-state index < -0.39 is 5.41 Å². The molecule has 0 aliphatic heterocycles. The van der Waals surface area contributed by atoms with Crippen molar-refractivity contribution in [2.24, 2.45) is 0 Å². The van der Waals surface area contributed by atoms with Gasteiger partial charge in [-0.25, -0.2) is 0 Å². The van der Waals surface area contributed by atoms with Crippen LogP contribution in [0.2, 0.25) is 0 Å². The van der Waals surface area contributed by atoms with Crippen molar-refractivity contribution in [1.82, 2.24) is 14.7 Å². The lowest BCUT2D eigenvalue weighted by molar-refractivity contribution is 0.378. The van der Waals surface area contributed by atoms with Crippen molar-refractivity contribution in [3.63, 3.8) is 0 Å². The summed E-state index contributed by atoms with van der Waals surface area (Å²) in [6.45, 7) is 19.4. The van der Waals surface area contributed by atoms with Gasteiger partial charge in [0.2, 0.25) is 0 Å². The molecule has 0 amide bonds. The first-order valence-corrected chi connectivity index (χ1v) is 16.6. The molecule has 0 bridgehead atoms. The molecule has 0 aliphatic carbocycles. The summed E-state index contributed by atoms with van der Waals surface area (Å²) >= 11 is 16.6. The van der Waals surface area contributed by atoms with Crippen LogP contribution < -0.4 is 14.2 Å². The Bertz CT molecular complexity index is 1200. The molecule has 0 saturated carbocycles. The normalized spacial score (nSPS) is 11.0. The highest BCUT2D eigenvalue weighted by atomic mass is 32.1. The van der Waals surface area contributed by atoms with E-state index in [-0.39, 0.29) is 0 Å². The van der Waals surface area contributed by atoms with E-state index >= 15 is 0 Å². The predicted octanol–water partition coefficient (Wildman–Crippen LogP) is 8.06. The molecule has 0 saturated heterocycles. The Kier molecular flexibility index (Phi) is 13.4. The van der Waals surface area contributed by atoms with Crippen LogP contribution in [-0.4, -0.2) is 69.5 Å². The second kappa shape index (κ2) is 16.7. The second-order valence-corrected chi connectivity index (χ2v) is 11.4. The highest BCUT2D eigenvalue weighted by Gasteiger charge is 2.31. The van der Waals surface area contributed by atoms with Crippen molar-refractivity contribution < 1.29 is 14.2 Å². The topological polar surface area (TPSA) is 37.4 Å². The monoisotopic (exact) mass is 651 g/mol. The van der Waals surface area contributed by atoms with Crippen LogP contribution >= 0.6 is 36.7 Å². The van der Waals surface area contributed by atoms with Gasteiger partial charge in [0.1, 0.15) is 17.2 Å². The fourth-order valence-corrected chi connectivity index (χ4v) is 6.07. The van der Waals surface area contributed by atoms with Gasteiger partial charge in [0.15, 0.2) is 0 Å². The molecule has 9 heteroatoms. The van der Waals surface area contributed by atoms with Crippen LogP contribution in [0.3, 0.4) is 0 Å². The van der Waals surface area contributed by atoms with E-state index in [0.717, 1.165) is 56.0 Å². The number of hydrogen-bond acceptors (Lipinski definition) is 6. The van der Waals surface area contributed by atoms with Crippen molar-refractivity contribution in [3.05, 3.63) is 89.5 Å².